The van der Waals surface area contributed by atoms with E-state index in [0.29, 0.717) is 13.1 Å². The van der Waals surface area contributed by atoms with Crippen molar-refractivity contribution in [2.45, 2.75) is 46.3 Å². The molecule has 0 saturated heterocycles. The topological polar surface area (TPSA) is 63.5 Å². The van der Waals surface area contributed by atoms with Crippen molar-refractivity contribution in [3.63, 3.8) is 0 Å². The summed E-state index contributed by atoms with van der Waals surface area (Å²) in [7, 11) is 0. The maximum atomic E-state index is 11.4. The Labute approximate surface area is 114 Å². The monoisotopic (exact) mass is 268 g/mol. The third-order valence-corrected chi connectivity index (χ3v) is 2.45. The van der Waals surface area contributed by atoms with Crippen LogP contribution in [-0.4, -0.2) is 24.8 Å². The Bertz CT molecular complexity index is 394. The van der Waals surface area contributed by atoms with Crippen molar-refractivity contribution < 1.29 is 13.9 Å². The van der Waals surface area contributed by atoms with Gasteiger partial charge in [0.25, 0.3) is 0 Å². The maximum absolute atomic E-state index is 11.4. The van der Waals surface area contributed by atoms with E-state index < -0.39 is 5.60 Å². The van der Waals surface area contributed by atoms with E-state index >= 15 is 0 Å². The number of aryl methyl sites for hydroxylation is 1. The smallest absolute Gasteiger partial charge is 0.407 e. The predicted molar refractivity (Wildman–Crippen MR) is 74.0 cm³/mol. The lowest BCUT2D eigenvalue weighted by Gasteiger charge is -2.19. The summed E-state index contributed by atoms with van der Waals surface area (Å²) >= 11 is 0. The fourth-order valence-corrected chi connectivity index (χ4v) is 1.51. The first-order chi connectivity index (χ1) is 8.88. The largest absolute Gasteiger partial charge is 0.468 e. The highest BCUT2D eigenvalue weighted by molar-refractivity contribution is 5.67. The molecule has 0 radical (unpaired) electrons. The van der Waals surface area contributed by atoms with Crippen molar-refractivity contribution in [1.29, 1.82) is 0 Å². The molecule has 19 heavy (non-hydrogen) atoms. The molecular weight excluding hydrogens is 244 g/mol. The molecule has 1 aromatic rings. The van der Waals surface area contributed by atoms with Gasteiger partial charge in [0.05, 0.1) is 12.8 Å². The van der Waals surface area contributed by atoms with Crippen LogP contribution in [0.15, 0.2) is 16.7 Å². The minimum Gasteiger partial charge on any atom is -0.468 e. The van der Waals surface area contributed by atoms with Crippen LogP contribution in [0.3, 0.4) is 0 Å². The van der Waals surface area contributed by atoms with Crippen LogP contribution in [0.1, 0.15) is 38.5 Å². The van der Waals surface area contributed by atoms with Crippen molar-refractivity contribution in [3.8, 4) is 0 Å². The summed E-state index contributed by atoms with van der Waals surface area (Å²) in [6.07, 6.45) is 2.17. The van der Waals surface area contributed by atoms with Crippen LogP contribution < -0.4 is 10.6 Å². The molecule has 1 amide bonds. The third kappa shape index (κ3) is 6.86. The van der Waals surface area contributed by atoms with Gasteiger partial charge in [0.15, 0.2) is 0 Å². The van der Waals surface area contributed by atoms with Crippen molar-refractivity contribution in [2.75, 3.05) is 13.1 Å². The number of hydrogen-bond donors (Lipinski definition) is 2. The van der Waals surface area contributed by atoms with Gasteiger partial charge < -0.3 is 19.8 Å². The average molecular weight is 268 g/mol. The van der Waals surface area contributed by atoms with Gasteiger partial charge in [-0.3, -0.25) is 0 Å². The Morgan fingerprint density at radius 2 is 2.11 bits per heavy atom. The lowest BCUT2D eigenvalue weighted by molar-refractivity contribution is 0.0527. The highest BCUT2D eigenvalue weighted by atomic mass is 16.6. The highest BCUT2D eigenvalue weighted by Gasteiger charge is 2.15. The number of carbonyl (C=O) groups excluding carboxylic acids is 1. The molecule has 5 nitrogen and oxygen atoms in total. The number of rotatable bonds is 6. The maximum Gasteiger partial charge on any atom is 0.407 e. The number of nitrogens with one attached hydrogen (secondary N) is 2. The number of alkyl carbamates (subject to hydrolysis) is 1. The Balaban J connectivity index is 2.03. The Kier molecular flexibility index (Phi) is 5.89. The summed E-state index contributed by atoms with van der Waals surface area (Å²) in [6, 6.07) is 1.95. The van der Waals surface area contributed by atoms with Gasteiger partial charge in [-0.1, -0.05) is 0 Å². The fraction of sp³-hybridized carbons (Fsp3) is 0.643. The second-order valence-corrected chi connectivity index (χ2v) is 5.49. The van der Waals surface area contributed by atoms with Crippen LogP contribution in [0, 0.1) is 6.92 Å². The number of furan rings is 1. The molecule has 2 N–H and O–H groups in total. The third-order valence-electron chi connectivity index (χ3n) is 2.45. The van der Waals surface area contributed by atoms with Crippen LogP contribution >= 0.6 is 0 Å². The number of carbonyl (C=O) groups is 1. The van der Waals surface area contributed by atoms with Gasteiger partial charge in [0.2, 0.25) is 0 Å². The molecule has 0 fully saturated rings. The van der Waals surface area contributed by atoms with E-state index in [1.165, 1.54) is 0 Å². The zero-order chi connectivity index (χ0) is 14.3. The Morgan fingerprint density at radius 3 is 2.68 bits per heavy atom. The highest BCUT2D eigenvalue weighted by Crippen LogP contribution is 2.07. The Morgan fingerprint density at radius 1 is 1.37 bits per heavy atom. The molecule has 0 bridgehead atoms. The van der Waals surface area contributed by atoms with Crippen molar-refractivity contribution >= 4 is 6.09 Å². The molecule has 0 aliphatic heterocycles. The SMILES string of the molecule is Cc1ccoc1CNCCCNC(=O)OC(C)(C)C. The van der Waals surface area contributed by atoms with Crippen molar-refractivity contribution in [1.82, 2.24) is 10.6 Å². The minimum absolute atomic E-state index is 0.366. The van der Waals surface area contributed by atoms with E-state index in [1.54, 1.807) is 6.26 Å². The van der Waals surface area contributed by atoms with Gasteiger partial charge in [0.1, 0.15) is 11.4 Å². The van der Waals surface area contributed by atoms with E-state index in [-0.39, 0.29) is 6.09 Å². The summed E-state index contributed by atoms with van der Waals surface area (Å²) in [4.78, 5) is 11.4. The minimum atomic E-state index is -0.445. The summed E-state index contributed by atoms with van der Waals surface area (Å²) in [6.45, 7) is 9.68. The molecule has 1 rings (SSSR count). The molecule has 5 heteroatoms. The van der Waals surface area contributed by atoms with Gasteiger partial charge in [-0.25, -0.2) is 4.79 Å². The first-order valence-corrected chi connectivity index (χ1v) is 6.59. The van der Waals surface area contributed by atoms with Gasteiger partial charge in [-0.2, -0.15) is 0 Å². The van der Waals surface area contributed by atoms with E-state index in [4.69, 9.17) is 9.15 Å². The van der Waals surface area contributed by atoms with Crippen molar-refractivity contribution in [3.05, 3.63) is 23.7 Å². The van der Waals surface area contributed by atoms with Crippen LogP contribution in [0.25, 0.3) is 0 Å². The fourth-order valence-electron chi connectivity index (χ4n) is 1.51. The molecule has 0 aromatic carbocycles. The van der Waals surface area contributed by atoms with E-state index in [9.17, 15) is 4.79 Å². The zero-order valence-electron chi connectivity index (χ0n) is 12.2. The second-order valence-electron chi connectivity index (χ2n) is 5.49. The normalized spacial score (nSPS) is 11.4. The first-order valence-electron chi connectivity index (χ1n) is 6.59. The Hall–Kier alpha value is -1.49. The van der Waals surface area contributed by atoms with E-state index in [0.717, 1.165) is 24.3 Å². The van der Waals surface area contributed by atoms with Gasteiger partial charge in [0, 0.05) is 6.54 Å². The molecule has 0 spiro atoms. The number of hydrogen-bond acceptors (Lipinski definition) is 4. The molecular formula is C14H24N2O3. The summed E-state index contributed by atoms with van der Waals surface area (Å²) in [5, 5.41) is 5.98. The predicted octanol–water partition coefficient (Wildman–Crippen LogP) is 2.59. The van der Waals surface area contributed by atoms with Crippen LogP contribution in [-0.2, 0) is 11.3 Å². The molecule has 1 aromatic heterocycles. The van der Waals surface area contributed by atoms with Gasteiger partial charge >= 0.3 is 6.09 Å². The molecule has 1 heterocycles. The molecule has 0 aliphatic rings. The second kappa shape index (κ2) is 7.19. The quantitative estimate of drug-likeness (QED) is 0.778. The molecule has 0 atom stereocenters. The van der Waals surface area contributed by atoms with E-state index in [1.807, 2.05) is 33.8 Å². The van der Waals surface area contributed by atoms with Crippen LogP contribution in [0.5, 0.6) is 0 Å². The lowest BCUT2D eigenvalue weighted by atomic mass is 10.2. The summed E-state index contributed by atoms with van der Waals surface area (Å²) in [5.41, 5.74) is 0.707. The van der Waals surface area contributed by atoms with Crippen LogP contribution in [0.2, 0.25) is 0 Å². The zero-order valence-corrected chi connectivity index (χ0v) is 12.2. The molecule has 0 saturated carbocycles. The number of amides is 1. The lowest BCUT2D eigenvalue weighted by Crippen LogP contribution is -2.33. The summed E-state index contributed by atoms with van der Waals surface area (Å²) < 4.78 is 10.4. The van der Waals surface area contributed by atoms with Crippen LogP contribution in [0.4, 0.5) is 4.79 Å². The molecule has 0 unspecified atom stereocenters. The van der Waals surface area contributed by atoms with E-state index in [2.05, 4.69) is 10.6 Å². The molecule has 0 aliphatic carbocycles. The van der Waals surface area contributed by atoms with Gasteiger partial charge in [-0.15, -0.1) is 0 Å². The summed E-state index contributed by atoms with van der Waals surface area (Å²) in [5.74, 6) is 0.958. The molecule has 108 valence electrons. The van der Waals surface area contributed by atoms with Crippen molar-refractivity contribution in [2.24, 2.45) is 0 Å². The standard InChI is InChI=1S/C14H24N2O3/c1-11-6-9-18-12(11)10-15-7-5-8-16-13(17)19-14(2,3)4/h6,9,15H,5,7-8,10H2,1-4H3,(H,16,17). The number of ether oxygens (including phenoxy) is 1. The first kappa shape index (κ1) is 15.6. The average Bonchev–Trinajstić information content (AvgIpc) is 2.67. The van der Waals surface area contributed by atoms with Gasteiger partial charge in [-0.05, 0) is 52.3 Å².